The molecule has 0 aliphatic rings. The van der Waals surface area contributed by atoms with E-state index in [4.69, 9.17) is 0 Å². The maximum Gasteiger partial charge on any atom is 0.327 e. The second-order valence-electron chi connectivity index (χ2n) is 5.12. The molecule has 0 aromatic carbocycles. The van der Waals surface area contributed by atoms with Crippen molar-refractivity contribution in [3.05, 3.63) is 42.7 Å². The van der Waals surface area contributed by atoms with E-state index in [9.17, 15) is 18.3 Å². The molecule has 9 heteroatoms. The molecule has 0 radical (unpaired) electrons. The van der Waals surface area contributed by atoms with Gasteiger partial charge in [-0.1, -0.05) is 6.92 Å². The lowest BCUT2D eigenvalue weighted by atomic mass is 9.99. The molecule has 120 valence electrons. The first-order valence-corrected chi connectivity index (χ1v) is 7.97. The van der Waals surface area contributed by atoms with Crippen molar-refractivity contribution in [2.45, 2.75) is 18.9 Å². The molecule has 2 aromatic heterocycles. The Morgan fingerprint density at radius 3 is 2.41 bits per heavy atom. The highest BCUT2D eigenvalue weighted by Gasteiger charge is 2.29. The van der Waals surface area contributed by atoms with Gasteiger partial charge in [0.05, 0.1) is 5.69 Å². The first-order valence-electron chi connectivity index (χ1n) is 6.57. The highest BCUT2D eigenvalue weighted by Crippen LogP contribution is 2.28. The fourth-order valence-corrected chi connectivity index (χ4v) is 2.95. The van der Waals surface area contributed by atoms with Crippen LogP contribution in [0.1, 0.15) is 24.6 Å². The molecule has 2 heterocycles. The summed E-state index contributed by atoms with van der Waals surface area (Å²) >= 11 is 0. The summed E-state index contributed by atoms with van der Waals surface area (Å²) in [6.07, 6.45) is 5.83. The summed E-state index contributed by atoms with van der Waals surface area (Å²) in [5.41, 5.74) is 0.395. The van der Waals surface area contributed by atoms with Crippen molar-refractivity contribution in [3.8, 4) is 0 Å². The van der Waals surface area contributed by atoms with Gasteiger partial charge in [-0.05, 0) is 12.1 Å². The third kappa shape index (κ3) is 2.90. The van der Waals surface area contributed by atoms with Gasteiger partial charge in [-0.25, -0.2) is 13.8 Å². The lowest BCUT2D eigenvalue weighted by Crippen LogP contribution is -2.28. The Kier molecular flexibility index (Phi) is 4.38. The van der Waals surface area contributed by atoms with Gasteiger partial charge in [0.2, 0.25) is 0 Å². The van der Waals surface area contributed by atoms with Crippen molar-refractivity contribution in [3.63, 3.8) is 0 Å². The van der Waals surface area contributed by atoms with Crippen LogP contribution in [0.3, 0.4) is 0 Å². The molecule has 8 nitrogen and oxygen atoms in total. The number of aliphatic carboxylic acids is 1. The van der Waals surface area contributed by atoms with E-state index in [2.05, 4.69) is 4.98 Å². The second kappa shape index (κ2) is 5.93. The molecule has 0 saturated carbocycles. The zero-order valence-corrected chi connectivity index (χ0v) is 13.3. The monoisotopic (exact) mass is 326 g/mol. The smallest absolute Gasteiger partial charge is 0.327 e. The number of nitrogens with zero attached hydrogens (tertiary/aromatic N) is 4. The topological polar surface area (TPSA) is 97.4 Å². The third-order valence-corrected chi connectivity index (χ3v) is 5.11. The Hall–Kier alpha value is -2.13. The normalized spacial score (nSPS) is 14.9. The maximum atomic E-state index is 12.0. The summed E-state index contributed by atoms with van der Waals surface area (Å²) in [5.74, 6) is -1.50. The lowest BCUT2D eigenvalue weighted by Gasteiger charge is -2.20. The number of hydrogen-bond acceptors (Lipinski definition) is 4. The van der Waals surface area contributed by atoms with Crippen LogP contribution in [0, 0.1) is 0 Å². The molecule has 0 aliphatic carbocycles. The number of carbonyl (C=O) groups is 1. The predicted molar refractivity (Wildman–Crippen MR) is 79.8 cm³/mol. The van der Waals surface area contributed by atoms with E-state index in [0.717, 1.165) is 8.28 Å². The van der Waals surface area contributed by atoms with Crippen LogP contribution >= 0.6 is 0 Å². The minimum atomic E-state index is -3.66. The molecule has 22 heavy (non-hydrogen) atoms. The van der Waals surface area contributed by atoms with Crippen LogP contribution in [-0.4, -0.2) is 51.4 Å². The zero-order chi connectivity index (χ0) is 16.5. The molecule has 0 spiro atoms. The summed E-state index contributed by atoms with van der Waals surface area (Å²) in [5, 5.41) is 9.45. The molecule has 0 bridgehead atoms. The van der Waals surface area contributed by atoms with Crippen LogP contribution in [0.5, 0.6) is 0 Å². The van der Waals surface area contributed by atoms with Crippen molar-refractivity contribution >= 4 is 16.2 Å². The Morgan fingerprint density at radius 1 is 1.32 bits per heavy atom. The van der Waals surface area contributed by atoms with Crippen molar-refractivity contribution in [2.24, 2.45) is 0 Å². The molecule has 0 aliphatic heterocycles. The molecule has 0 fully saturated rings. The van der Waals surface area contributed by atoms with Crippen molar-refractivity contribution in [1.82, 2.24) is 17.8 Å². The molecular formula is C13H18N4O4S. The SMILES string of the molecule is CC(c1cn(S(=O)(=O)N(C)C)cn1)[C@@H](C(=O)O)n1cccc1. The molecule has 1 unspecified atom stereocenters. The average Bonchev–Trinajstić information content (AvgIpc) is 3.09. The number of carboxylic acid groups (broad SMARTS) is 1. The van der Waals surface area contributed by atoms with Gasteiger partial charge in [0.15, 0.2) is 0 Å². The maximum absolute atomic E-state index is 12.0. The molecule has 2 atom stereocenters. The minimum Gasteiger partial charge on any atom is -0.480 e. The van der Waals surface area contributed by atoms with Gasteiger partial charge in [0, 0.05) is 38.6 Å². The zero-order valence-electron chi connectivity index (χ0n) is 12.5. The van der Waals surface area contributed by atoms with Gasteiger partial charge in [0.1, 0.15) is 12.4 Å². The number of imidazole rings is 1. The second-order valence-corrected chi connectivity index (χ2v) is 7.17. The average molecular weight is 326 g/mol. The van der Waals surface area contributed by atoms with Crippen molar-refractivity contribution in [1.29, 1.82) is 0 Å². The van der Waals surface area contributed by atoms with Crippen molar-refractivity contribution < 1.29 is 18.3 Å². The molecule has 0 saturated heterocycles. The number of rotatable bonds is 6. The van der Waals surface area contributed by atoms with E-state index < -0.39 is 28.1 Å². The summed E-state index contributed by atoms with van der Waals surface area (Å²) in [6, 6.07) is 2.61. The van der Waals surface area contributed by atoms with Crippen LogP contribution < -0.4 is 0 Å². The van der Waals surface area contributed by atoms with E-state index >= 15 is 0 Å². The summed E-state index contributed by atoms with van der Waals surface area (Å²) < 4.78 is 27.7. The van der Waals surface area contributed by atoms with Gasteiger partial charge in [-0.15, -0.1) is 0 Å². The summed E-state index contributed by atoms with van der Waals surface area (Å²) in [7, 11) is -0.826. The molecule has 1 N–H and O–H groups in total. The fourth-order valence-electron chi connectivity index (χ4n) is 2.17. The highest BCUT2D eigenvalue weighted by atomic mass is 32.2. The lowest BCUT2D eigenvalue weighted by molar-refractivity contribution is -0.141. The Bertz CT molecular complexity index is 749. The molecule has 2 aromatic rings. The number of carboxylic acids is 1. The first kappa shape index (κ1) is 16.2. The molecule has 0 amide bonds. The first-order chi connectivity index (χ1) is 10.2. The van der Waals surface area contributed by atoms with E-state index in [1.54, 1.807) is 36.0 Å². The molecular weight excluding hydrogens is 308 g/mol. The highest BCUT2D eigenvalue weighted by molar-refractivity contribution is 7.87. The standard InChI is InChI=1S/C13H18N4O4S/c1-10(12(13(18)19)16-6-4-5-7-16)11-8-17(9-14-11)22(20,21)15(2)3/h4-10,12H,1-3H3,(H,18,19)/t10?,12-/m0/s1. The van der Waals surface area contributed by atoms with Gasteiger partial charge >= 0.3 is 16.2 Å². The van der Waals surface area contributed by atoms with Gasteiger partial charge in [-0.3, -0.25) is 0 Å². The van der Waals surface area contributed by atoms with E-state index in [-0.39, 0.29) is 0 Å². The third-order valence-electron chi connectivity index (χ3n) is 3.45. The van der Waals surface area contributed by atoms with Gasteiger partial charge in [-0.2, -0.15) is 12.7 Å². The fraction of sp³-hybridized carbons (Fsp3) is 0.385. The van der Waals surface area contributed by atoms with Crippen LogP contribution in [0.15, 0.2) is 37.1 Å². The predicted octanol–water partition coefficient (Wildman–Crippen LogP) is 0.768. The largest absolute Gasteiger partial charge is 0.480 e. The Labute approximate surface area is 128 Å². The van der Waals surface area contributed by atoms with E-state index in [1.165, 1.54) is 26.6 Å². The Morgan fingerprint density at radius 2 is 1.91 bits per heavy atom. The van der Waals surface area contributed by atoms with Gasteiger partial charge in [0.25, 0.3) is 0 Å². The number of aromatic nitrogens is 3. The molecule has 2 rings (SSSR count). The van der Waals surface area contributed by atoms with E-state index in [1.807, 2.05) is 0 Å². The van der Waals surface area contributed by atoms with Crippen LogP contribution in [0.2, 0.25) is 0 Å². The van der Waals surface area contributed by atoms with E-state index in [0.29, 0.717) is 5.69 Å². The minimum absolute atomic E-state index is 0.395. The van der Waals surface area contributed by atoms with Gasteiger partial charge < -0.3 is 9.67 Å². The summed E-state index contributed by atoms with van der Waals surface area (Å²) in [4.78, 5) is 15.6. The Balaban J connectivity index is 2.36. The van der Waals surface area contributed by atoms with Crippen LogP contribution in [-0.2, 0) is 15.0 Å². The quantitative estimate of drug-likeness (QED) is 0.845. The van der Waals surface area contributed by atoms with Crippen LogP contribution in [0.4, 0.5) is 0 Å². The summed E-state index contributed by atoms with van der Waals surface area (Å²) in [6.45, 7) is 1.70. The number of hydrogen-bond donors (Lipinski definition) is 1. The van der Waals surface area contributed by atoms with Crippen molar-refractivity contribution in [2.75, 3.05) is 14.1 Å². The van der Waals surface area contributed by atoms with Crippen LogP contribution in [0.25, 0.3) is 0 Å².